The van der Waals surface area contributed by atoms with Crippen LogP contribution in [0.25, 0.3) is 0 Å². The highest BCUT2D eigenvalue weighted by molar-refractivity contribution is 5.73. The van der Waals surface area contributed by atoms with E-state index in [1.54, 1.807) is 0 Å². The number of carboxylic acid groups (broad SMARTS) is 1. The number of rotatable bonds is 20. The largest absolute Gasteiger partial charge is 0.480 e. The first-order valence-electron chi connectivity index (χ1n) is 12.5. The van der Waals surface area contributed by atoms with Gasteiger partial charge in [-0.25, -0.2) is 4.98 Å². The van der Waals surface area contributed by atoms with E-state index in [9.17, 15) is 23.1 Å². The minimum absolute atomic E-state index is 0.0735. The molecule has 0 aliphatic heterocycles. The lowest BCUT2D eigenvalue weighted by molar-refractivity contribution is -0.163. The molecule has 8 heteroatoms. The van der Waals surface area contributed by atoms with Crippen LogP contribution in [0.2, 0.25) is 0 Å². The van der Waals surface area contributed by atoms with Crippen molar-refractivity contribution in [3.05, 3.63) is 30.4 Å². The number of allylic oxidation sites excluding steroid dienone is 2. The second-order valence-electron chi connectivity index (χ2n) is 8.81. The van der Waals surface area contributed by atoms with E-state index in [4.69, 9.17) is 0 Å². The highest BCUT2D eigenvalue weighted by Crippen LogP contribution is 2.25. The summed E-state index contributed by atoms with van der Waals surface area (Å²) in [6.07, 6.45) is 16.6. The number of aromatic nitrogens is 2. The number of carboxylic acids is 1. The van der Waals surface area contributed by atoms with Crippen LogP contribution < -0.4 is 5.32 Å². The van der Waals surface area contributed by atoms with Gasteiger partial charge in [0.1, 0.15) is 12.1 Å². The SMILES string of the molecule is CCCCCC/C=C\CCCCCCCCCC(NC(Cc1cnc[nH]1)C(=O)O)C(F)(F)F. The average molecular weight is 474 g/mol. The second-order valence-corrected chi connectivity index (χ2v) is 8.81. The van der Waals surface area contributed by atoms with Gasteiger partial charge in [0.2, 0.25) is 0 Å². The third kappa shape index (κ3) is 14.8. The summed E-state index contributed by atoms with van der Waals surface area (Å²) in [6.45, 7) is 2.22. The number of alkyl halides is 3. The predicted molar refractivity (Wildman–Crippen MR) is 126 cm³/mol. The molecule has 0 radical (unpaired) electrons. The highest BCUT2D eigenvalue weighted by atomic mass is 19.4. The zero-order chi connectivity index (χ0) is 24.4. The Morgan fingerprint density at radius 2 is 1.61 bits per heavy atom. The first-order chi connectivity index (χ1) is 15.8. The van der Waals surface area contributed by atoms with E-state index >= 15 is 0 Å². The fraction of sp³-hybridized carbons (Fsp3) is 0.760. The van der Waals surface area contributed by atoms with Crippen molar-refractivity contribution in [2.75, 3.05) is 0 Å². The van der Waals surface area contributed by atoms with Crippen LogP contribution in [0.15, 0.2) is 24.7 Å². The molecule has 190 valence electrons. The Balaban J connectivity index is 2.16. The van der Waals surface area contributed by atoms with Gasteiger partial charge in [-0.2, -0.15) is 13.2 Å². The third-order valence-electron chi connectivity index (χ3n) is 5.83. The molecule has 2 atom stereocenters. The molecule has 0 aromatic carbocycles. The van der Waals surface area contributed by atoms with Crippen LogP contribution in [-0.4, -0.2) is 39.3 Å². The second kappa shape index (κ2) is 17.6. The topological polar surface area (TPSA) is 78.0 Å². The number of aliphatic carboxylic acids is 1. The Bertz CT molecular complexity index is 633. The number of halogens is 3. The van der Waals surface area contributed by atoms with Crippen LogP contribution in [0.1, 0.15) is 103 Å². The Morgan fingerprint density at radius 1 is 1.03 bits per heavy atom. The minimum Gasteiger partial charge on any atom is -0.480 e. The number of imidazole rings is 1. The minimum atomic E-state index is -4.48. The summed E-state index contributed by atoms with van der Waals surface area (Å²) in [7, 11) is 0. The molecule has 0 fully saturated rings. The van der Waals surface area contributed by atoms with Gasteiger partial charge in [-0.1, -0.05) is 76.9 Å². The molecule has 1 rings (SSSR count). The summed E-state index contributed by atoms with van der Waals surface area (Å²) >= 11 is 0. The van der Waals surface area contributed by atoms with Crippen LogP contribution in [-0.2, 0) is 11.2 Å². The first-order valence-corrected chi connectivity index (χ1v) is 12.5. The summed E-state index contributed by atoms with van der Waals surface area (Å²) < 4.78 is 40.3. The van der Waals surface area contributed by atoms with E-state index in [1.165, 1.54) is 51.0 Å². The fourth-order valence-corrected chi connectivity index (χ4v) is 3.84. The van der Waals surface area contributed by atoms with Crippen molar-refractivity contribution >= 4 is 5.97 Å². The van der Waals surface area contributed by atoms with Crippen LogP contribution >= 0.6 is 0 Å². The molecule has 2 unspecified atom stereocenters. The van der Waals surface area contributed by atoms with E-state index in [0.717, 1.165) is 38.5 Å². The maximum atomic E-state index is 13.4. The van der Waals surface area contributed by atoms with Gasteiger partial charge in [0, 0.05) is 18.3 Å². The summed E-state index contributed by atoms with van der Waals surface area (Å²) in [5.74, 6) is -1.30. The van der Waals surface area contributed by atoms with Crippen molar-refractivity contribution in [3.63, 3.8) is 0 Å². The van der Waals surface area contributed by atoms with Gasteiger partial charge in [-0.05, 0) is 32.1 Å². The van der Waals surface area contributed by atoms with Crippen molar-refractivity contribution in [3.8, 4) is 0 Å². The van der Waals surface area contributed by atoms with Crippen LogP contribution in [0.4, 0.5) is 13.2 Å². The Morgan fingerprint density at radius 3 is 2.12 bits per heavy atom. The van der Waals surface area contributed by atoms with Crippen LogP contribution in [0, 0.1) is 0 Å². The monoisotopic (exact) mass is 473 g/mol. The van der Waals surface area contributed by atoms with Crippen molar-refractivity contribution in [1.82, 2.24) is 15.3 Å². The molecule has 3 N–H and O–H groups in total. The zero-order valence-electron chi connectivity index (χ0n) is 20.0. The number of nitrogens with one attached hydrogen (secondary N) is 2. The van der Waals surface area contributed by atoms with Crippen molar-refractivity contribution in [2.24, 2.45) is 0 Å². The summed E-state index contributed by atoms with van der Waals surface area (Å²) in [5, 5.41) is 11.6. The summed E-state index contributed by atoms with van der Waals surface area (Å²) in [4.78, 5) is 18.0. The van der Waals surface area contributed by atoms with Gasteiger partial charge in [-0.3, -0.25) is 10.1 Å². The Hall–Kier alpha value is -1.83. The predicted octanol–water partition coefficient (Wildman–Crippen LogP) is 6.96. The van der Waals surface area contributed by atoms with Gasteiger partial charge in [0.15, 0.2) is 0 Å². The van der Waals surface area contributed by atoms with Crippen LogP contribution in [0.5, 0.6) is 0 Å². The number of H-pyrrole nitrogens is 1. The average Bonchev–Trinajstić information content (AvgIpc) is 3.27. The molecular weight excluding hydrogens is 431 g/mol. The molecule has 0 aliphatic carbocycles. The van der Waals surface area contributed by atoms with Crippen molar-refractivity contribution in [1.29, 1.82) is 0 Å². The van der Waals surface area contributed by atoms with Gasteiger partial charge in [0.05, 0.1) is 6.33 Å². The van der Waals surface area contributed by atoms with Crippen LogP contribution in [0.3, 0.4) is 0 Å². The maximum absolute atomic E-state index is 13.4. The molecular formula is C25H42F3N3O2. The molecule has 0 bridgehead atoms. The Kier molecular flexibility index (Phi) is 15.6. The van der Waals surface area contributed by atoms with Crippen molar-refractivity contribution in [2.45, 2.75) is 121 Å². The number of aromatic amines is 1. The normalized spacial score (nSPS) is 14.1. The van der Waals surface area contributed by atoms with Gasteiger partial charge in [0.25, 0.3) is 0 Å². The smallest absolute Gasteiger partial charge is 0.403 e. The molecule has 0 aliphatic rings. The number of hydrogen-bond acceptors (Lipinski definition) is 3. The number of hydrogen-bond donors (Lipinski definition) is 3. The lowest BCUT2D eigenvalue weighted by Gasteiger charge is -2.25. The van der Waals surface area contributed by atoms with E-state index in [0.29, 0.717) is 12.1 Å². The zero-order valence-corrected chi connectivity index (χ0v) is 20.0. The molecule has 5 nitrogen and oxygen atoms in total. The number of carbonyl (C=O) groups is 1. The molecule has 0 saturated carbocycles. The summed E-state index contributed by atoms with van der Waals surface area (Å²) in [5.41, 5.74) is 0.485. The molecule has 0 saturated heterocycles. The van der Waals surface area contributed by atoms with E-state index < -0.39 is 24.2 Å². The maximum Gasteiger partial charge on any atom is 0.403 e. The van der Waals surface area contributed by atoms with E-state index in [-0.39, 0.29) is 12.8 Å². The lowest BCUT2D eigenvalue weighted by atomic mass is 10.0. The standard InChI is InChI=1S/C25H42F3N3O2/c1-2-3-4-5-6-7-8-9-10-11-12-13-14-15-16-17-23(25(26,27)28)31-22(24(32)33)18-21-19-29-20-30-21/h7-8,19-20,22-23,31H,2-6,9-18H2,1H3,(H,29,30)(H,32,33)/b8-7-. The number of nitrogens with zero attached hydrogens (tertiary/aromatic N) is 1. The molecule has 1 heterocycles. The Labute approximate surface area is 196 Å². The van der Waals surface area contributed by atoms with Gasteiger partial charge < -0.3 is 10.1 Å². The lowest BCUT2D eigenvalue weighted by Crippen LogP contribution is -2.51. The quantitative estimate of drug-likeness (QED) is 0.141. The summed E-state index contributed by atoms with van der Waals surface area (Å²) in [6, 6.07) is -3.14. The fourth-order valence-electron chi connectivity index (χ4n) is 3.84. The van der Waals surface area contributed by atoms with Crippen molar-refractivity contribution < 1.29 is 23.1 Å². The highest BCUT2D eigenvalue weighted by Gasteiger charge is 2.41. The molecule has 33 heavy (non-hydrogen) atoms. The van der Waals surface area contributed by atoms with Gasteiger partial charge in [-0.15, -0.1) is 0 Å². The first kappa shape index (κ1) is 29.2. The molecule has 0 amide bonds. The number of unbranched alkanes of at least 4 members (excludes halogenated alkanes) is 11. The molecule has 0 spiro atoms. The third-order valence-corrected chi connectivity index (χ3v) is 5.83. The van der Waals surface area contributed by atoms with E-state index in [1.807, 2.05) is 0 Å². The van der Waals surface area contributed by atoms with E-state index in [2.05, 4.69) is 34.4 Å². The van der Waals surface area contributed by atoms with Gasteiger partial charge >= 0.3 is 12.1 Å². The molecule has 1 aromatic rings. The molecule has 1 aromatic heterocycles.